The van der Waals surface area contributed by atoms with Crippen molar-refractivity contribution >= 4 is 53.2 Å². The third-order valence-corrected chi connectivity index (χ3v) is 3.06. The minimum atomic E-state index is 1.04. The third kappa shape index (κ3) is 3.86. The highest BCUT2D eigenvalue weighted by Crippen LogP contribution is 2.14. The predicted molar refractivity (Wildman–Crippen MR) is 73.2 cm³/mol. The van der Waals surface area contributed by atoms with E-state index in [1.165, 1.54) is 20.7 Å². The Hall–Kier alpha value is 0.250. The number of hydrogen-bond acceptors (Lipinski definition) is 3. The summed E-state index contributed by atoms with van der Waals surface area (Å²) in [5.41, 5.74) is 2.08. The summed E-state index contributed by atoms with van der Waals surface area (Å²) >= 11 is 5.32. The standard InChI is InChI=1S/C9H5IS3/c1-11-4-2-8-6-12-7-9(8)3-5-13-10/h6-7H,1H3. The van der Waals surface area contributed by atoms with Crippen LogP contribution in [0.25, 0.3) is 0 Å². The SMILES string of the molecule is CSC#Cc1cscc1C#CSI. The largest absolute Gasteiger partial charge is 0.150 e. The van der Waals surface area contributed by atoms with Gasteiger partial charge in [0.2, 0.25) is 0 Å². The summed E-state index contributed by atoms with van der Waals surface area (Å²) in [7, 11) is 1.49. The van der Waals surface area contributed by atoms with Gasteiger partial charge in [0.1, 0.15) is 0 Å². The molecule has 0 atom stereocenters. The molecule has 1 aromatic rings. The van der Waals surface area contributed by atoms with Gasteiger partial charge in [0, 0.05) is 32.0 Å². The Morgan fingerprint density at radius 3 is 2.38 bits per heavy atom. The first-order valence-corrected chi connectivity index (χ1v) is 8.80. The van der Waals surface area contributed by atoms with E-state index in [1.807, 2.05) is 17.0 Å². The zero-order valence-electron chi connectivity index (χ0n) is 6.76. The van der Waals surface area contributed by atoms with Crippen molar-refractivity contribution in [3.8, 4) is 22.3 Å². The second-order valence-corrected chi connectivity index (χ2v) is 4.97. The molecule has 0 radical (unpaired) electrons. The van der Waals surface area contributed by atoms with Crippen molar-refractivity contribution in [2.75, 3.05) is 6.26 Å². The lowest BCUT2D eigenvalue weighted by molar-refractivity contribution is 1.76. The molecule has 1 heterocycles. The lowest BCUT2D eigenvalue weighted by atomic mass is 10.2. The molecule has 13 heavy (non-hydrogen) atoms. The van der Waals surface area contributed by atoms with E-state index in [1.54, 1.807) is 11.3 Å². The molecular formula is C9H5IS3. The van der Waals surface area contributed by atoms with E-state index in [0.29, 0.717) is 0 Å². The average Bonchev–Trinajstić information content (AvgIpc) is 2.59. The molecule has 0 nitrogen and oxygen atoms in total. The van der Waals surface area contributed by atoms with Crippen LogP contribution in [0.1, 0.15) is 11.1 Å². The fourth-order valence-electron chi connectivity index (χ4n) is 0.671. The van der Waals surface area contributed by atoms with Crippen molar-refractivity contribution in [3.05, 3.63) is 21.9 Å². The first-order chi connectivity index (χ1) is 6.38. The van der Waals surface area contributed by atoms with Crippen molar-refractivity contribution in [3.63, 3.8) is 0 Å². The normalized spacial score (nSPS) is 8.15. The summed E-state index contributed by atoms with van der Waals surface area (Å²) in [5, 5.41) is 9.98. The number of thiophene rings is 1. The van der Waals surface area contributed by atoms with Crippen molar-refractivity contribution in [2.45, 2.75) is 0 Å². The van der Waals surface area contributed by atoms with Crippen LogP contribution in [0, 0.1) is 22.3 Å². The van der Waals surface area contributed by atoms with Gasteiger partial charge in [-0.1, -0.05) is 23.6 Å². The topological polar surface area (TPSA) is 0 Å². The fourth-order valence-corrected chi connectivity index (χ4v) is 2.07. The maximum absolute atomic E-state index is 3.06. The molecular weight excluding hydrogens is 331 g/mol. The van der Waals surface area contributed by atoms with Crippen LogP contribution < -0.4 is 0 Å². The molecule has 0 spiro atoms. The van der Waals surface area contributed by atoms with E-state index >= 15 is 0 Å². The van der Waals surface area contributed by atoms with E-state index in [-0.39, 0.29) is 0 Å². The van der Waals surface area contributed by atoms with Crippen LogP contribution >= 0.6 is 53.2 Å². The van der Waals surface area contributed by atoms with E-state index in [2.05, 4.69) is 43.6 Å². The van der Waals surface area contributed by atoms with E-state index < -0.39 is 0 Å². The molecule has 0 saturated heterocycles. The van der Waals surface area contributed by atoms with Crippen LogP contribution in [0.5, 0.6) is 0 Å². The van der Waals surface area contributed by atoms with E-state index in [0.717, 1.165) is 11.1 Å². The molecule has 0 aliphatic carbocycles. The Bertz CT molecular complexity index is 350. The van der Waals surface area contributed by atoms with Crippen LogP contribution in [0.4, 0.5) is 0 Å². The molecule has 0 saturated carbocycles. The van der Waals surface area contributed by atoms with Crippen molar-refractivity contribution < 1.29 is 0 Å². The monoisotopic (exact) mass is 336 g/mol. The molecule has 1 aromatic heterocycles. The van der Waals surface area contributed by atoms with Crippen LogP contribution in [0.15, 0.2) is 10.8 Å². The summed E-state index contributed by atoms with van der Waals surface area (Å²) < 4.78 is 0. The summed E-state index contributed by atoms with van der Waals surface area (Å²) in [4.78, 5) is 0. The summed E-state index contributed by atoms with van der Waals surface area (Å²) in [6.45, 7) is 0. The first kappa shape index (κ1) is 11.3. The molecule has 0 fully saturated rings. The van der Waals surface area contributed by atoms with Gasteiger partial charge in [0.25, 0.3) is 0 Å². The maximum atomic E-state index is 3.06. The van der Waals surface area contributed by atoms with Gasteiger partial charge >= 0.3 is 0 Å². The van der Waals surface area contributed by atoms with Crippen LogP contribution in [0.3, 0.4) is 0 Å². The van der Waals surface area contributed by atoms with Gasteiger partial charge in [0.15, 0.2) is 0 Å². The summed E-state index contributed by atoms with van der Waals surface area (Å²) in [6, 6.07) is 0. The van der Waals surface area contributed by atoms with Crippen molar-refractivity contribution in [2.24, 2.45) is 0 Å². The lowest BCUT2D eigenvalue weighted by Gasteiger charge is -1.82. The number of thioether (sulfide) groups is 1. The zero-order chi connectivity index (χ0) is 9.52. The number of rotatable bonds is 0. The van der Waals surface area contributed by atoms with E-state index in [9.17, 15) is 0 Å². The second kappa shape index (κ2) is 6.67. The average molecular weight is 336 g/mol. The van der Waals surface area contributed by atoms with Gasteiger partial charge in [-0.15, -0.1) is 11.3 Å². The van der Waals surface area contributed by atoms with Gasteiger partial charge in [0.05, 0.1) is 11.1 Å². The molecule has 0 aromatic carbocycles. The molecule has 0 unspecified atom stereocenters. The summed E-state index contributed by atoms with van der Waals surface area (Å²) in [6.07, 6.45) is 1.96. The Morgan fingerprint density at radius 2 is 1.85 bits per heavy atom. The molecule has 0 aliphatic rings. The maximum Gasteiger partial charge on any atom is 0.0518 e. The first-order valence-electron chi connectivity index (χ1n) is 3.27. The van der Waals surface area contributed by atoms with Gasteiger partial charge in [-0.05, 0) is 25.7 Å². The van der Waals surface area contributed by atoms with Crippen molar-refractivity contribution in [1.82, 2.24) is 0 Å². The van der Waals surface area contributed by atoms with Crippen LogP contribution in [-0.2, 0) is 0 Å². The van der Waals surface area contributed by atoms with Crippen LogP contribution in [-0.4, -0.2) is 6.26 Å². The van der Waals surface area contributed by atoms with Crippen LogP contribution in [0.2, 0.25) is 0 Å². The van der Waals surface area contributed by atoms with Gasteiger partial charge < -0.3 is 0 Å². The second-order valence-electron chi connectivity index (χ2n) is 1.93. The Kier molecular flexibility index (Phi) is 5.81. The zero-order valence-corrected chi connectivity index (χ0v) is 11.4. The highest BCUT2D eigenvalue weighted by molar-refractivity contribution is 14.2. The highest BCUT2D eigenvalue weighted by Gasteiger charge is 1.96. The molecule has 4 heteroatoms. The third-order valence-electron chi connectivity index (χ3n) is 1.17. The minimum Gasteiger partial charge on any atom is -0.150 e. The Morgan fingerprint density at radius 1 is 1.23 bits per heavy atom. The lowest BCUT2D eigenvalue weighted by Crippen LogP contribution is -1.72. The Balaban J connectivity index is 2.89. The molecule has 0 amide bonds. The molecule has 0 aliphatic heterocycles. The molecule has 0 bridgehead atoms. The summed E-state index contributed by atoms with van der Waals surface area (Å²) in [5.74, 6) is 6.12. The van der Waals surface area contributed by atoms with Crippen molar-refractivity contribution in [1.29, 1.82) is 0 Å². The number of halogens is 1. The fraction of sp³-hybridized carbons (Fsp3) is 0.111. The van der Waals surface area contributed by atoms with Gasteiger partial charge in [-0.3, -0.25) is 0 Å². The smallest absolute Gasteiger partial charge is 0.0518 e. The highest BCUT2D eigenvalue weighted by atomic mass is 127. The van der Waals surface area contributed by atoms with Gasteiger partial charge in [-0.25, -0.2) is 0 Å². The minimum absolute atomic E-state index is 1.04. The quantitative estimate of drug-likeness (QED) is 0.522. The van der Waals surface area contributed by atoms with Gasteiger partial charge in [-0.2, -0.15) is 0 Å². The molecule has 1 rings (SSSR count). The Labute approximate surface area is 103 Å². The predicted octanol–water partition coefficient (Wildman–Crippen LogP) is 3.81. The molecule has 0 N–H and O–H groups in total. The number of hydrogen-bond donors (Lipinski definition) is 0. The molecule has 66 valence electrons. The van der Waals surface area contributed by atoms with E-state index in [4.69, 9.17) is 0 Å².